The highest BCUT2D eigenvalue weighted by Gasteiger charge is 2.45. The normalized spacial score (nSPS) is 18.9. The summed E-state index contributed by atoms with van der Waals surface area (Å²) < 4.78 is 7.59. The second-order valence-electron chi connectivity index (χ2n) is 7.58. The van der Waals surface area contributed by atoms with Crippen molar-refractivity contribution in [2.45, 2.75) is 19.1 Å². The summed E-state index contributed by atoms with van der Waals surface area (Å²) in [7, 11) is 0. The SMILES string of the molecule is CC1(C(=O)/C=C/c2ccc3c(c2)c2ccccc2n3Cc2ccccc2)CO1. The van der Waals surface area contributed by atoms with Crippen LogP contribution in [0.3, 0.4) is 0 Å². The Balaban J connectivity index is 1.59. The van der Waals surface area contributed by atoms with E-state index in [0.29, 0.717) is 6.61 Å². The van der Waals surface area contributed by atoms with Gasteiger partial charge in [0.2, 0.25) is 0 Å². The standard InChI is InChI=1S/C25H21NO2/c1-25(17-28-25)24(27)14-12-18-11-13-23-21(15-18)20-9-5-6-10-22(20)26(23)16-19-7-3-2-4-8-19/h2-15H,16-17H2,1H3/b14-12+. The van der Waals surface area contributed by atoms with Crippen molar-refractivity contribution >= 4 is 33.7 Å². The third-order valence-corrected chi connectivity index (χ3v) is 5.51. The van der Waals surface area contributed by atoms with Gasteiger partial charge in [-0.05, 0) is 42.3 Å². The topological polar surface area (TPSA) is 34.5 Å². The van der Waals surface area contributed by atoms with Crippen LogP contribution in [0.2, 0.25) is 0 Å². The van der Waals surface area contributed by atoms with Gasteiger partial charge in [-0.15, -0.1) is 0 Å². The smallest absolute Gasteiger partial charge is 0.189 e. The Morgan fingerprint density at radius 1 is 1.00 bits per heavy atom. The molecule has 0 spiro atoms. The highest BCUT2D eigenvalue weighted by molar-refractivity contribution is 6.09. The Kier molecular flexibility index (Phi) is 3.92. The molecule has 1 aromatic heterocycles. The predicted octanol–water partition coefficient (Wildman–Crippen LogP) is 5.21. The Morgan fingerprint density at radius 2 is 1.71 bits per heavy atom. The van der Waals surface area contributed by atoms with E-state index in [-0.39, 0.29) is 5.78 Å². The van der Waals surface area contributed by atoms with E-state index in [1.165, 1.54) is 27.4 Å². The molecule has 4 aromatic rings. The molecule has 1 saturated heterocycles. The van der Waals surface area contributed by atoms with Gasteiger partial charge in [0.05, 0.1) is 6.61 Å². The molecule has 0 bridgehead atoms. The van der Waals surface area contributed by atoms with Crippen molar-refractivity contribution in [3.05, 3.63) is 90.0 Å². The molecule has 138 valence electrons. The zero-order valence-electron chi connectivity index (χ0n) is 15.8. The molecule has 0 saturated carbocycles. The third kappa shape index (κ3) is 2.94. The predicted molar refractivity (Wildman–Crippen MR) is 113 cm³/mol. The molecular weight excluding hydrogens is 346 g/mol. The van der Waals surface area contributed by atoms with E-state index in [2.05, 4.69) is 71.3 Å². The quantitative estimate of drug-likeness (QED) is 0.358. The molecule has 2 heterocycles. The second kappa shape index (κ2) is 6.47. The number of nitrogens with zero attached hydrogens (tertiary/aromatic N) is 1. The maximum atomic E-state index is 12.2. The summed E-state index contributed by atoms with van der Waals surface area (Å²) in [5.74, 6) is 0.0269. The Labute approximate surface area is 163 Å². The van der Waals surface area contributed by atoms with Crippen molar-refractivity contribution in [3.63, 3.8) is 0 Å². The minimum absolute atomic E-state index is 0.0269. The van der Waals surface area contributed by atoms with Gasteiger partial charge in [-0.1, -0.05) is 60.7 Å². The first kappa shape index (κ1) is 17.0. The monoisotopic (exact) mass is 367 g/mol. The Bertz CT molecular complexity index is 1210. The molecule has 1 atom stereocenters. The molecule has 1 fully saturated rings. The number of hydrogen-bond donors (Lipinski definition) is 0. The molecular formula is C25H21NO2. The Morgan fingerprint density at radius 3 is 2.50 bits per heavy atom. The van der Waals surface area contributed by atoms with Crippen molar-refractivity contribution in [3.8, 4) is 0 Å². The molecule has 3 aromatic carbocycles. The van der Waals surface area contributed by atoms with E-state index in [4.69, 9.17) is 4.74 Å². The largest absolute Gasteiger partial charge is 0.361 e. The van der Waals surface area contributed by atoms with E-state index >= 15 is 0 Å². The number of carbonyl (C=O) groups is 1. The number of ether oxygens (including phenoxy) is 1. The number of ketones is 1. The van der Waals surface area contributed by atoms with Crippen LogP contribution < -0.4 is 0 Å². The molecule has 0 amide bonds. The lowest BCUT2D eigenvalue weighted by molar-refractivity contribution is -0.118. The van der Waals surface area contributed by atoms with E-state index < -0.39 is 5.60 Å². The zero-order valence-corrected chi connectivity index (χ0v) is 15.8. The molecule has 5 rings (SSSR count). The number of carbonyl (C=O) groups excluding carboxylic acids is 1. The maximum Gasteiger partial charge on any atom is 0.189 e. The summed E-state index contributed by atoms with van der Waals surface area (Å²) in [6, 6.07) is 25.4. The van der Waals surface area contributed by atoms with Gasteiger partial charge >= 0.3 is 0 Å². The molecule has 3 nitrogen and oxygen atoms in total. The van der Waals surface area contributed by atoms with E-state index in [1.807, 2.05) is 19.1 Å². The van der Waals surface area contributed by atoms with Crippen molar-refractivity contribution in [1.29, 1.82) is 0 Å². The van der Waals surface area contributed by atoms with Crippen molar-refractivity contribution in [2.24, 2.45) is 0 Å². The molecule has 0 radical (unpaired) electrons. The number of rotatable bonds is 5. The third-order valence-electron chi connectivity index (χ3n) is 5.51. The zero-order chi connectivity index (χ0) is 19.1. The summed E-state index contributed by atoms with van der Waals surface area (Å²) in [6.07, 6.45) is 3.52. The first-order valence-corrected chi connectivity index (χ1v) is 9.55. The molecule has 3 heteroatoms. The fourth-order valence-corrected chi connectivity index (χ4v) is 3.71. The number of fused-ring (bicyclic) bond motifs is 3. The first-order chi connectivity index (χ1) is 13.6. The van der Waals surface area contributed by atoms with E-state index in [0.717, 1.165) is 12.1 Å². The Hall–Kier alpha value is -3.17. The van der Waals surface area contributed by atoms with Crippen LogP contribution in [-0.4, -0.2) is 22.6 Å². The fraction of sp³-hybridized carbons (Fsp3) is 0.160. The number of hydrogen-bond acceptors (Lipinski definition) is 2. The molecule has 1 aliphatic heterocycles. The molecule has 0 N–H and O–H groups in total. The van der Waals surface area contributed by atoms with Crippen LogP contribution in [0, 0.1) is 0 Å². The van der Waals surface area contributed by atoms with Gasteiger partial charge in [0.1, 0.15) is 0 Å². The molecule has 0 aliphatic carbocycles. The van der Waals surface area contributed by atoms with Gasteiger partial charge in [-0.2, -0.15) is 0 Å². The van der Waals surface area contributed by atoms with Gasteiger partial charge in [0.25, 0.3) is 0 Å². The van der Waals surface area contributed by atoms with Gasteiger partial charge in [-0.25, -0.2) is 0 Å². The van der Waals surface area contributed by atoms with Gasteiger partial charge < -0.3 is 9.30 Å². The minimum atomic E-state index is -0.605. The summed E-state index contributed by atoms with van der Waals surface area (Å²) in [4.78, 5) is 12.2. The summed E-state index contributed by atoms with van der Waals surface area (Å²) in [5.41, 5.74) is 4.11. The maximum absolute atomic E-state index is 12.2. The van der Waals surface area contributed by atoms with Crippen LogP contribution in [0.1, 0.15) is 18.1 Å². The number of para-hydroxylation sites is 1. The van der Waals surface area contributed by atoms with Gasteiger partial charge in [0, 0.05) is 28.4 Å². The second-order valence-corrected chi connectivity index (χ2v) is 7.58. The highest BCUT2D eigenvalue weighted by Crippen LogP contribution is 2.31. The van der Waals surface area contributed by atoms with Crippen molar-refractivity contribution in [2.75, 3.05) is 6.61 Å². The van der Waals surface area contributed by atoms with Crippen LogP contribution in [0.15, 0.2) is 78.9 Å². The average molecular weight is 367 g/mol. The fourth-order valence-electron chi connectivity index (χ4n) is 3.71. The lowest BCUT2D eigenvalue weighted by Gasteiger charge is -2.08. The molecule has 28 heavy (non-hydrogen) atoms. The van der Waals surface area contributed by atoms with E-state index in [1.54, 1.807) is 6.08 Å². The van der Waals surface area contributed by atoms with Crippen molar-refractivity contribution < 1.29 is 9.53 Å². The number of aromatic nitrogens is 1. The molecule has 1 unspecified atom stereocenters. The number of epoxide rings is 1. The summed E-state index contributed by atoms with van der Waals surface area (Å²) in [5, 5.41) is 2.43. The highest BCUT2D eigenvalue weighted by atomic mass is 16.6. The first-order valence-electron chi connectivity index (χ1n) is 9.55. The van der Waals surface area contributed by atoms with Crippen LogP contribution in [0.25, 0.3) is 27.9 Å². The lowest BCUT2D eigenvalue weighted by atomic mass is 10.1. The number of benzene rings is 3. The van der Waals surface area contributed by atoms with Crippen LogP contribution in [0.5, 0.6) is 0 Å². The van der Waals surface area contributed by atoms with Gasteiger partial charge in [0.15, 0.2) is 11.4 Å². The summed E-state index contributed by atoms with van der Waals surface area (Å²) in [6.45, 7) is 3.18. The lowest BCUT2D eigenvalue weighted by Crippen LogP contribution is -2.17. The molecule has 1 aliphatic rings. The van der Waals surface area contributed by atoms with Crippen LogP contribution in [-0.2, 0) is 16.1 Å². The van der Waals surface area contributed by atoms with Gasteiger partial charge in [-0.3, -0.25) is 4.79 Å². The summed E-state index contributed by atoms with van der Waals surface area (Å²) >= 11 is 0. The van der Waals surface area contributed by atoms with Crippen molar-refractivity contribution in [1.82, 2.24) is 4.57 Å². The van der Waals surface area contributed by atoms with Crippen LogP contribution in [0.4, 0.5) is 0 Å². The minimum Gasteiger partial charge on any atom is -0.361 e. The van der Waals surface area contributed by atoms with Crippen LogP contribution >= 0.6 is 0 Å². The average Bonchev–Trinajstić information content (AvgIpc) is 3.42. The van der Waals surface area contributed by atoms with E-state index in [9.17, 15) is 4.79 Å².